The molecule has 1 aliphatic rings. The van der Waals surface area contributed by atoms with Gasteiger partial charge in [-0.3, -0.25) is 0 Å². The molecule has 0 saturated carbocycles. The Morgan fingerprint density at radius 1 is 0.431 bits per heavy atom. The van der Waals surface area contributed by atoms with Crippen molar-refractivity contribution in [2.24, 2.45) is 10.2 Å². The zero-order valence-corrected chi connectivity index (χ0v) is 32.2. The molecule has 0 amide bonds. The van der Waals surface area contributed by atoms with Crippen LogP contribution in [0.2, 0.25) is 0 Å². The number of nitrogens with zero attached hydrogens (tertiary/aromatic N) is 3. The van der Waals surface area contributed by atoms with Crippen molar-refractivity contribution in [3.8, 4) is 39.1 Å². The lowest BCUT2D eigenvalue weighted by Crippen LogP contribution is -1.85. The Hall–Kier alpha value is -7.71. The molecule has 0 unspecified atom stereocenters. The summed E-state index contributed by atoms with van der Waals surface area (Å²) in [5.41, 5.74) is 18.7. The maximum Gasteiger partial charge on any atom is 0.137 e. The van der Waals surface area contributed by atoms with Crippen LogP contribution in [0.5, 0.6) is 5.75 Å². The smallest absolute Gasteiger partial charge is 0.137 e. The van der Waals surface area contributed by atoms with Crippen molar-refractivity contribution in [2.75, 3.05) is 7.11 Å². The van der Waals surface area contributed by atoms with Gasteiger partial charge in [0.25, 0.3) is 0 Å². The van der Waals surface area contributed by atoms with Crippen LogP contribution in [0.25, 0.3) is 89.8 Å². The third kappa shape index (κ3) is 6.56. The van der Waals surface area contributed by atoms with E-state index in [-0.39, 0.29) is 0 Å². The molecule has 1 aliphatic heterocycles. The predicted molar refractivity (Wildman–Crippen MR) is 237 cm³/mol. The number of fused-ring (bicyclic) bond motifs is 12. The van der Waals surface area contributed by atoms with Crippen LogP contribution in [0.4, 0.5) is 11.4 Å². The first-order valence-corrected chi connectivity index (χ1v) is 19.2. The van der Waals surface area contributed by atoms with Gasteiger partial charge in [0.1, 0.15) is 16.9 Å². The molecule has 9 aromatic rings. The average molecular weight is 755 g/mol. The highest BCUT2D eigenvalue weighted by molar-refractivity contribution is 5.99. The number of aryl methyl sites for hydroxylation is 2. The molecule has 280 valence electrons. The largest absolute Gasteiger partial charge is 0.497 e. The van der Waals surface area contributed by atoms with E-state index in [9.17, 15) is 0 Å². The third-order valence-electron chi connectivity index (χ3n) is 10.6. The molecule has 5 aromatic heterocycles. The summed E-state index contributed by atoms with van der Waals surface area (Å²) in [4.78, 5) is 16.4. The Bertz CT molecular complexity index is 3200. The minimum absolute atomic E-state index is 0.742. The number of nitrogens with one attached hydrogen (secondary N) is 3. The second kappa shape index (κ2) is 14.4. The lowest BCUT2D eigenvalue weighted by Gasteiger charge is -2.05. The topological polar surface area (TPSA) is 107 Å². The summed E-state index contributed by atoms with van der Waals surface area (Å²) in [5.74, 6) is 0.776. The molecule has 0 aliphatic carbocycles. The van der Waals surface area contributed by atoms with Crippen molar-refractivity contribution in [1.29, 1.82) is 0 Å². The van der Waals surface area contributed by atoms with Gasteiger partial charge in [-0.25, -0.2) is 4.98 Å². The molecule has 0 spiro atoms. The van der Waals surface area contributed by atoms with E-state index in [2.05, 4.69) is 160 Å². The number of azo groups is 1. The highest BCUT2D eigenvalue weighted by Crippen LogP contribution is 2.37. The fraction of sp³-hybridized carbons (Fsp3) is 0.0600. The molecule has 10 rings (SSSR count). The van der Waals surface area contributed by atoms with E-state index in [0.717, 1.165) is 106 Å². The fourth-order valence-corrected chi connectivity index (χ4v) is 7.55. The molecule has 8 nitrogen and oxygen atoms in total. The zero-order valence-electron chi connectivity index (χ0n) is 32.2. The second-order valence-corrected chi connectivity index (χ2v) is 14.5. The van der Waals surface area contributed by atoms with Crippen LogP contribution in [0.3, 0.4) is 0 Å². The number of aromatic amines is 3. The molecule has 6 heterocycles. The minimum atomic E-state index is 0.742. The molecular weight excluding hydrogens is 717 g/mol. The minimum Gasteiger partial charge on any atom is -0.497 e. The molecule has 0 fully saturated rings. The highest BCUT2D eigenvalue weighted by Gasteiger charge is 2.15. The van der Waals surface area contributed by atoms with Gasteiger partial charge >= 0.3 is 0 Å². The van der Waals surface area contributed by atoms with Gasteiger partial charge in [0.05, 0.1) is 57.5 Å². The molecule has 3 N–H and O–H groups in total. The summed E-state index contributed by atoms with van der Waals surface area (Å²) in [6, 6.07) is 49.6. The van der Waals surface area contributed by atoms with Crippen molar-refractivity contribution in [3.05, 3.63) is 168 Å². The van der Waals surface area contributed by atoms with E-state index in [1.807, 2.05) is 36.4 Å². The van der Waals surface area contributed by atoms with Crippen LogP contribution in [-0.4, -0.2) is 27.0 Å². The van der Waals surface area contributed by atoms with E-state index in [1.54, 1.807) is 7.11 Å². The zero-order chi connectivity index (χ0) is 39.2. The number of H-pyrrole nitrogens is 3. The van der Waals surface area contributed by atoms with Gasteiger partial charge in [-0.1, -0.05) is 71.8 Å². The van der Waals surface area contributed by atoms with E-state index in [0.29, 0.717) is 0 Å². The molecule has 0 radical (unpaired) electrons. The van der Waals surface area contributed by atoms with E-state index < -0.39 is 0 Å². The lowest BCUT2D eigenvalue weighted by atomic mass is 10.0. The lowest BCUT2D eigenvalue weighted by molar-refractivity contribution is 0.415. The molecule has 10 bridgehead atoms. The quantitative estimate of drug-likeness (QED) is 0.147. The fourth-order valence-electron chi connectivity index (χ4n) is 7.55. The molecule has 0 saturated heterocycles. The Morgan fingerprint density at radius 2 is 0.845 bits per heavy atom. The maximum atomic E-state index is 6.87. The Kier molecular flexibility index (Phi) is 8.64. The van der Waals surface area contributed by atoms with Crippen molar-refractivity contribution in [2.45, 2.75) is 13.8 Å². The van der Waals surface area contributed by atoms with Crippen molar-refractivity contribution >= 4 is 67.8 Å². The second-order valence-electron chi connectivity index (χ2n) is 14.5. The number of ether oxygens (including phenoxy) is 1. The van der Waals surface area contributed by atoms with Crippen molar-refractivity contribution in [3.63, 3.8) is 0 Å². The summed E-state index contributed by atoms with van der Waals surface area (Å²) in [6.07, 6.45) is 4.15. The molecule has 8 heteroatoms. The van der Waals surface area contributed by atoms with Gasteiger partial charge in [0.15, 0.2) is 0 Å². The van der Waals surface area contributed by atoms with Gasteiger partial charge in [-0.2, -0.15) is 10.2 Å². The van der Waals surface area contributed by atoms with Crippen LogP contribution in [0, 0.1) is 13.8 Å². The molecule has 4 aromatic carbocycles. The number of methoxy groups -OCH3 is 1. The number of furan rings is 1. The number of hydrogen-bond donors (Lipinski definition) is 3. The number of hydrogen-bond acceptors (Lipinski definition) is 5. The third-order valence-corrected chi connectivity index (χ3v) is 10.6. The molecular formula is C50H38N6O2. The predicted octanol–water partition coefficient (Wildman–Crippen LogP) is 14.0. The van der Waals surface area contributed by atoms with E-state index in [4.69, 9.17) is 14.1 Å². The molecule has 0 atom stereocenters. The Morgan fingerprint density at radius 3 is 1.38 bits per heavy atom. The number of rotatable bonds is 6. The number of aromatic nitrogens is 4. The first-order chi connectivity index (χ1) is 28.5. The van der Waals surface area contributed by atoms with Crippen molar-refractivity contribution < 1.29 is 9.15 Å². The van der Waals surface area contributed by atoms with Crippen LogP contribution in [0.1, 0.15) is 22.5 Å². The highest BCUT2D eigenvalue weighted by atomic mass is 16.5. The number of benzene rings is 4. The standard InChI is InChI=1S/C50H38N6O2/c1-30-4-8-33(9-5-30)49-44-26-22-40(53-44)38-20-24-42(51-38)48(32-12-14-35(15-13-32)55-56-36-16-18-37(57-3)19-17-36)43-25-21-39(52-43)41-23-27-45(54-41)50(47-29-28-46(49)58-47)34-10-6-31(2)7-11-34/h4-29,51,53-54H,1-3H3. The van der Waals surface area contributed by atoms with Gasteiger partial charge in [-0.05, 0) is 128 Å². The van der Waals surface area contributed by atoms with E-state index >= 15 is 0 Å². The Balaban J connectivity index is 1.22. The monoisotopic (exact) mass is 754 g/mol. The van der Waals surface area contributed by atoms with Crippen LogP contribution >= 0.6 is 0 Å². The van der Waals surface area contributed by atoms with Crippen LogP contribution in [0.15, 0.2) is 160 Å². The maximum absolute atomic E-state index is 6.87. The van der Waals surface area contributed by atoms with Crippen LogP contribution < -0.4 is 4.74 Å². The average Bonchev–Trinajstić information content (AvgIpc) is 4.11. The normalized spacial score (nSPS) is 11.9. The van der Waals surface area contributed by atoms with Gasteiger partial charge in [0, 0.05) is 22.2 Å². The summed E-state index contributed by atoms with van der Waals surface area (Å²) in [6.45, 7) is 4.21. The molecule has 58 heavy (non-hydrogen) atoms. The summed E-state index contributed by atoms with van der Waals surface area (Å²) in [7, 11) is 1.65. The van der Waals surface area contributed by atoms with Gasteiger partial charge < -0.3 is 24.1 Å². The van der Waals surface area contributed by atoms with Gasteiger partial charge in [-0.15, -0.1) is 0 Å². The van der Waals surface area contributed by atoms with Crippen LogP contribution in [-0.2, 0) is 0 Å². The van der Waals surface area contributed by atoms with E-state index in [1.165, 1.54) is 11.1 Å². The summed E-state index contributed by atoms with van der Waals surface area (Å²) < 4.78 is 12.1. The first kappa shape index (κ1) is 34.8. The SMILES string of the molecule is COc1ccc(N=Nc2ccc(-c3c4nc(c5ccc([nH]5)c(-c5ccc(C)cc5)c5ccc(o5)c(-c5ccc(C)cc5)c5ccc([nH]5)c5ccc3[nH]5)C=C4)cc2)cc1. The van der Waals surface area contributed by atoms with Gasteiger partial charge in [0.2, 0.25) is 0 Å². The van der Waals surface area contributed by atoms with Crippen molar-refractivity contribution in [1.82, 2.24) is 19.9 Å². The first-order valence-electron chi connectivity index (χ1n) is 19.2. The summed E-state index contributed by atoms with van der Waals surface area (Å²) >= 11 is 0. The summed E-state index contributed by atoms with van der Waals surface area (Å²) in [5, 5.41) is 8.93. The Labute approximate surface area is 334 Å².